The van der Waals surface area contributed by atoms with Crippen LogP contribution in [0.3, 0.4) is 0 Å². The number of ether oxygens (including phenoxy) is 6. The maximum atomic E-state index is 11.8. The second kappa shape index (κ2) is 23.6. The van der Waals surface area contributed by atoms with Crippen LogP contribution in [-0.4, -0.2) is 85.5 Å². The van der Waals surface area contributed by atoms with E-state index < -0.39 is 32.1 Å². The van der Waals surface area contributed by atoms with E-state index >= 15 is 0 Å². The minimum Gasteiger partial charge on any atom is -0.414 e. The van der Waals surface area contributed by atoms with Gasteiger partial charge in [-0.1, -0.05) is 121 Å². The van der Waals surface area contributed by atoms with Crippen molar-refractivity contribution in [3.05, 3.63) is 83.4 Å². The number of hydrogen-bond acceptors (Lipinski definition) is 9. The molecule has 0 unspecified atom stereocenters. The molecule has 2 aromatic rings. The highest BCUT2D eigenvalue weighted by Crippen LogP contribution is 2.45. The lowest BCUT2D eigenvalue weighted by Gasteiger charge is -2.45. The van der Waals surface area contributed by atoms with Crippen molar-refractivity contribution in [2.75, 3.05) is 6.61 Å². The van der Waals surface area contributed by atoms with Gasteiger partial charge in [0.25, 0.3) is 0 Å². The molecule has 2 heterocycles. The maximum absolute atomic E-state index is 11.8. The molecule has 4 fully saturated rings. The maximum Gasteiger partial charge on any atom is 0.192 e. The normalized spacial score (nSPS) is 26.5. The minimum atomic E-state index is -2.24. The molecule has 2 aliphatic heterocycles. The summed E-state index contributed by atoms with van der Waals surface area (Å²) in [4.78, 5) is 0. The molecular formula is C55H88O9Si. The van der Waals surface area contributed by atoms with Gasteiger partial charge in [0.05, 0.1) is 62.5 Å². The number of aliphatic hydroxyl groups is 2. The first-order valence-corrected chi connectivity index (χ1v) is 28.4. The standard InChI is InChI=1S/C55H88O9Si/c1-39(2)52(59-38-44-23-20-40(3)21-24-44)41(4)22-25-47-33-49(62-54(60-47)26-14-15-27-54)34-50(64-65(9,10)53(6,7)8)32-46(57)30-45(56)31-48-35-51(63-55(61-48)28-16-17-29-55)42(5)36-58-37-43-18-12-11-13-19-43/h11-13,18-25,39,41-42,45-52,56-57H,14-17,26-38H2,1-10H3/b25-22+/t41-,42-,45+,46+,47-,48+,49-,50-,51+,52-/m0/s1. The van der Waals surface area contributed by atoms with Crippen LogP contribution in [0.1, 0.15) is 155 Å². The van der Waals surface area contributed by atoms with Crippen LogP contribution in [-0.2, 0) is 46.1 Å². The number of rotatable bonds is 22. The van der Waals surface area contributed by atoms with E-state index in [2.05, 4.69) is 117 Å². The van der Waals surface area contributed by atoms with Crippen molar-refractivity contribution in [2.45, 2.75) is 237 Å². The molecule has 65 heavy (non-hydrogen) atoms. The van der Waals surface area contributed by atoms with Gasteiger partial charge in [0.1, 0.15) is 0 Å². The number of hydrogen-bond donors (Lipinski definition) is 2. The summed E-state index contributed by atoms with van der Waals surface area (Å²) in [6, 6.07) is 18.9. The van der Waals surface area contributed by atoms with Gasteiger partial charge in [0.15, 0.2) is 19.9 Å². The van der Waals surface area contributed by atoms with E-state index in [1.807, 2.05) is 18.2 Å². The van der Waals surface area contributed by atoms with E-state index in [0.29, 0.717) is 51.4 Å². The van der Waals surface area contributed by atoms with E-state index in [9.17, 15) is 10.2 Å². The van der Waals surface area contributed by atoms with E-state index in [-0.39, 0.29) is 59.9 Å². The molecule has 2 aliphatic carbocycles. The lowest BCUT2D eigenvalue weighted by Crippen LogP contribution is -2.50. The van der Waals surface area contributed by atoms with E-state index in [1.165, 1.54) is 11.1 Å². The Balaban J connectivity index is 1.08. The van der Waals surface area contributed by atoms with Gasteiger partial charge in [-0.25, -0.2) is 0 Å². The Morgan fingerprint density at radius 2 is 1.34 bits per heavy atom. The summed E-state index contributed by atoms with van der Waals surface area (Å²) in [5.74, 6) is -0.468. The fourth-order valence-electron chi connectivity index (χ4n) is 10.5. The van der Waals surface area contributed by atoms with Crippen molar-refractivity contribution in [3.8, 4) is 0 Å². The lowest BCUT2D eigenvalue weighted by molar-refractivity contribution is -0.325. The third-order valence-corrected chi connectivity index (χ3v) is 19.7. The van der Waals surface area contributed by atoms with E-state index in [4.69, 9.17) is 32.8 Å². The Bertz CT molecular complexity index is 1710. The van der Waals surface area contributed by atoms with E-state index in [0.717, 1.165) is 63.4 Å². The Morgan fingerprint density at radius 3 is 1.95 bits per heavy atom. The Kier molecular flexibility index (Phi) is 19.0. The van der Waals surface area contributed by atoms with E-state index in [1.54, 1.807) is 0 Å². The first-order chi connectivity index (χ1) is 30.8. The molecule has 10 heteroatoms. The summed E-state index contributed by atoms with van der Waals surface area (Å²) in [5.41, 5.74) is 3.60. The van der Waals surface area contributed by atoms with Gasteiger partial charge in [-0.15, -0.1) is 0 Å². The van der Waals surface area contributed by atoms with Crippen LogP contribution in [0.15, 0.2) is 66.7 Å². The van der Waals surface area contributed by atoms with Gasteiger partial charge in [0, 0.05) is 56.5 Å². The number of aliphatic hydroxyl groups excluding tert-OH is 2. The smallest absolute Gasteiger partial charge is 0.192 e. The third kappa shape index (κ3) is 15.5. The zero-order chi connectivity index (χ0) is 46.8. The Labute approximate surface area is 394 Å². The second-order valence-corrected chi connectivity index (χ2v) is 27.2. The van der Waals surface area contributed by atoms with Crippen LogP contribution in [0.4, 0.5) is 0 Å². The molecule has 366 valence electrons. The molecule has 0 aromatic heterocycles. The Morgan fingerprint density at radius 1 is 0.738 bits per heavy atom. The minimum absolute atomic E-state index is 0.00827. The van der Waals surface area contributed by atoms with Gasteiger partial charge in [-0.2, -0.15) is 0 Å². The predicted octanol–water partition coefficient (Wildman–Crippen LogP) is 12.1. The van der Waals surface area contributed by atoms with Crippen LogP contribution in [0.25, 0.3) is 0 Å². The van der Waals surface area contributed by atoms with Gasteiger partial charge in [-0.3, -0.25) is 0 Å². The molecule has 6 rings (SSSR count). The monoisotopic (exact) mass is 921 g/mol. The molecule has 2 N–H and O–H groups in total. The molecule has 10 atom stereocenters. The van der Waals surface area contributed by atoms with Crippen molar-refractivity contribution >= 4 is 8.32 Å². The van der Waals surface area contributed by atoms with Crippen LogP contribution in [0, 0.1) is 24.7 Å². The zero-order valence-electron chi connectivity index (χ0n) is 42.0. The largest absolute Gasteiger partial charge is 0.414 e. The highest BCUT2D eigenvalue weighted by atomic mass is 28.4. The Hall–Kier alpha value is -1.96. The van der Waals surface area contributed by atoms with Crippen molar-refractivity contribution < 1.29 is 43.1 Å². The number of aryl methyl sites for hydroxylation is 1. The summed E-state index contributed by atoms with van der Waals surface area (Å²) in [7, 11) is -2.24. The SMILES string of the molecule is Cc1ccc(CO[C@@H](C(C)C)[C@@H](C)/C=C/[C@H]2C[C@@H](C[C@H](C[C@H](O)C[C@@H](O)C[C@@H]3C[C@H]([C@@H](C)COCc4ccccc4)OC4(CCCC4)O3)O[Si](C)(C)C(C)(C)C)OC3(CCCC3)O2)cc1. The molecule has 2 aromatic carbocycles. The van der Waals surface area contributed by atoms with Gasteiger partial charge < -0.3 is 43.1 Å². The van der Waals surface area contributed by atoms with Crippen LogP contribution in [0.5, 0.6) is 0 Å². The van der Waals surface area contributed by atoms with Crippen molar-refractivity contribution in [2.24, 2.45) is 17.8 Å². The summed E-state index contributed by atoms with van der Waals surface area (Å²) < 4.78 is 47.1. The number of benzene rings is 2. The molecule has 2 spiro atoms. The van der Waals surface area contributed by atoms with Crippen molar-refractivity contribution in [1.29, 1.82) is 0 Å². The molecule has 2 saturated carbocycles. The summed E-state index contributed by atoms with van der Waals surface area (Å²) in [6.07, 6.45) is 13.6. The topological polar surface area (TPSA) is 105 Å². The summed E-state index contributed by atoms with van der Waals surface area (Å²) in [5, 5.41) is 23.5. The van der Waals surface area contributed by atoms with Crippen LogP contribution in [0.2, 0.25) is 18.1 Å². The van der Waals surface area contributed by atoms with Crippen molar-refractivity contribution in [1.82, 2.24) is 0 Å². The third-order valence-electron chi connectivity index (χ3n) is 15.1. The average Bonchev–Trinajstić information content (AvgIpc) is 3.88. The summed E-state index contributed by atoms with van der Waals surface area (Å²) >= 11 is 0. The van der Waals surface area contributed by atoms with Crippen LogP contribution < -0.4 is 0 Å². The fourth-order valence-corrected chi connectivity index (χ4v) is 11.8. The second-order valence-electron chi connectivity index (χ2n) is 22.5. The van der Waals surface area contributed by atoms with Gasteiger partial charge >= 0.3 is 0 Å². The van der Waals surface area contributed by atoms with Gasteiger partial charge in [0.2, 0.25) is 0 Å². The molecule has 0 radical (unpaired) electrons. The first-order valence-electron chi connectivity index (χ1n) is 25.5. The molecule has 9 nitrogen and oxygen atoms in total. The predicted molar refractivity (Wildman–Crippen MR) is 262 cm³/mol. The lowest BCUT2D eigenvalue weighted by atomic mass is 9.91. The fraction of sp³-hybridized carbons (Fsp3) is 0.745. The molecule has 2 saturated heterocycles. The zero-order valence-corrected chi connectivity index (χ0v) is 43.0. The first kappa shape index (κ1) is 52.4. The molecule has 0 amide bonds. The molecular weight excluding hydrogens is 833 g/mol. The van der Waals surface area contributed by atoms with Gasteiger partial charge in [-0.05, 0) is 93.5 Å². The summed E-state index contributed by atoms with van der Waals surface area (Å²) in [6.45, 7) is 24.2. The molecule has 0 bridgehead atoms. The highest BCUT2D eigenvalue weighted by Gasteiger charge is 2.48. The average molecular weight is 921 g/mol. The highest BCUT2D eigenvalue weighted by molar-refractivity contribution is 6.74. The van der Waals surface area contributed by atoms with Crippen molar-refractivity contribution in [3.63, 3.8) is 0 Å². The van der Waals surface area contributed by atoms with Crippen LogP contribution >= 0.6 is 0 Å². The molecule has 4 aliphatic rings. The quantitative estimate of drug-likeness (QED) is 0.0882.